The Hall–Kier alpha value is -5.20. The molecule has 224 valence electrons. The van der Waals surface area contributed by atoms with Gasteiger partial charge in [-0.1, -0.05) is 0 Å². The molecule has 4 heterocycles. The second kappa shape index (κ2) is 13.0. The third-order valence-electron chi connectivity index (χ3n) is 7.03. The number of benzene rings is 2. The maximum atomic E-state index is 15.1. The van der Waals surface area contributed by atoms with E-state index in [4.69, 9.17) is 14.2 Å². The van der Waals surface area contributed by atoms with Crippen molar-refractivity contribution in [3.05, 3.63) is 113 Å². The average molecular weight is 600 g/mol. The van der Waals surface area contributed by atoms with E-state index < -0.39 is 23.1 Å². The van der Waals surface area contributed by atoms with Gasteiger partial charge >= 0.3 is 0 Å². The number of hydrogen-bond donors (Lipinski definition) is 1. The van der Waals surface area contributed by atoms with E-state index in [2.05, 4.69) is 20.2 Å². The van der Waals surface area contributed by atoms with Crippen LogP contribution in [0.2, 0.25) is 0 Å². The summed E-state index contributed by atoms with van der Waals surface area (Å²) in [6.45, 7) is 4.40. The van der Waals surface area contributed by atoms with E-state index in [1.807, 2.05) is 0 Å². The Labute approximate surface area is 250 Å². The van der Waals surface area contributed by atoms with Gasteiger partial charge in [-0.25, -0.2) is 13.8 Å². The van der Waals surface area contributed by atoms with Gasteiger partial charge in [-0.15, -0.1) is 0 Å². The number of aromatic nitrogens is 3. The molecule has 0 saturated carbocycles. The van der Waals surface area contributed by atoms with Crippen molar-refractivity contribution in [2.75, 3.05) is 44.8 Å². The van der Waals surface area contributed by atoms with Gasteiger partial charge < -0.3 is 19.5 Å². The zero-order chi connectivity index (χ0) is 30.5. The highest BCUT2D eigenvalue weighted by Gasteiger charge is 2.16. The first kappa shape index (κ1) is 28.9. The van der Waals surface area contributed by atoms with Gasteiger partial charge in [-0.3, -0.25) is 24.0 Å². The SMILES string of the molecule is O=C(Nc1ccc(Oc2ccnc3cc(OCCN4CCOCC4)ncc23)c(F)c1)c1cccn(-c2ccc(F)cc2)c1=O. The highest BCUT2D eigenvalue weighted by atomic mass is 19.1. The van der Waals surface area contributed by atoms with Crippen molar-refractivity contribution in [1.82, 2.24) is 19.4 Å². The first-order valence-corrected chi connectivity index (χ1v) is 13.9. The average Bonchev–Trinajstić information content (AvgIpc) is 3.03. The monoisotopic (exact) mass is 599 g/mol. The second-order valence-corrected chi connectivity index (χ2v) is 9.93. The van der Waals surface area contributed by atoms with Crippen LogP contribution in [0.1, 0.15) is 10.4 Å². The van der Waals surface area contributed by atoms with Crippen molar-refractivity contribution in [3.63, 3.8) is 0 Å². The molecule has 0 atom stereocenters. The van der Waals surface area contributed by atoms with Gasteiger partial charge in [-0.2, -0.15) is 0 Å². The van der Waals surface area contributed by atoms with Gasteiger partial charge in [-0.05, 0) is 54.6 Å². The number of amides is 1. The molecule has 10 nitrogen and oxygen atoms in total. The Morgan fingerprint density at radius 1 is 0.977 bits per heavy atom. The van der Waals surface area contributed by atoms with Gasteiger partial charge in [0.05, 0.1) is 24.1 Å². The molecule has 2 aromatic carbocycles. The van der Waals surface area contributed by atoms with E-state index in [0.717, 1.165) is 38.9 Å². The van der Waals surface area contributed by atoms with Crippen LogP contribution in [0.25, 0.3) is 16.6 Å². The van der Waals surface area contributed by atoms with Crippen LogP contribution in [0.3, 0.4) is 0 Å². The highest BCUT2D eigenvalue weighted by molar-refractivity contribution is 6.04. The van der Waals surface area contributed by atoms with Gasteiger partial charge in [0.2, 0.25) is 5.88 Å². The number of hydrogen-bond acceptors (Lipinski definition) is 8. The molecule has 1 aliphatic rings. The predicted molar refractivity (Wildman–Crippen MR) is 159 cm³/mol. The van der Waals surface area contributed by atoms with E-state index >= 15 is 4.39 Å². The quantitative estimate of drug-likeness (QED) is 0.257. The maximum absolute atomic E-state index is 15.1. The first-order valence-electron chi connectivity index (χ1n) is 13.9. The van der Waals surface area contributed by atoms with Crippen molar-refractivity contribution in [1.29, 1.82) is 0 Å². The summed E-state index contributed by atoms with van der Waals surface area (Å²) in [5, 5.41) is 3.10. The Morgan fingerprint density at radius 3 is 2.59 bits per heavy atom. The largest absolute Gasteiger partial charge is 0.476 e. The zero-order valence-electron chi connectivity index (χ0n) is 23.4. The summed E-state index contributed by atoms with van der Waals surface area (Å²) in [7, 11) is 0. The van der Waals surface area contributed by atoms with Crippen LogP contribution in [0.5, 0.6) is 17.4 Å². The summed E-state index contributed by atoms with van der Waals surface area (Å²) in [6.07, 6.45) is 4.57. The Balaban J connectivity index is 1.13. The molecule has 6 rings (SSSR count). The van der Waals surface area contributed by atoms with Gasteiger partial charge in [0.15, 0.2) is 11.6 Å². The summed E-state index contributed by atoms with van der Waals surface area (Å²) < 4.78 is 46.7. The maximum Gasteiger partial charge on any atom is 0.267 e. The van der Waals surface area contributed by atoms with E-state index in [1.54, 1.807) is 24.5 Å². The fraction of sp³-hybridized carbons (Fsp3) is 0.188. The number of rotatable bonds is 9. The number of carbonyl (C=O) groups excluding carboxylic acids is 1. The van der Waals surface area contributed by atoms with Crippen molar-refractivity contribution in [2.24, 2.45) is 0 Å². The highest BCUT2D eigenvalue weighted by Crippen LogP contribution is 2.32. The Bertz CT molecular complexity index is 1860. The van der Waals surface area contributed by atoms with Gasteiger partial charge in [0.1, 0.15) is 23.7 Å². The lowest BCUT2D eigenvalue weighted by Crippen LogP contribution is -2.38. The number of halogens is 2. The molecule has 1 amide bonds. The number of morpholine rings is 1. The molecule has 0 spiro atoms. The smallest absolute Gasteiger partial charge is 0.267 e. The van der Waals surface area contributed by atoms with Crippen LogP contribution >= 0.6 is 0 Å². The van der Waals surface area contributed by atoms with Gasteiger partial charge in [0.25, 0.3) is 11.5 Å². The normalized spacial score (nSPS) is 13.5. The second-order valence-electron chi connectivity index (χ2n) is 9.93. The Kier molecular flexibility index (Phi) is 8.52. The standard InChI is InChI=1S/C32H27F2N5O5/c33-21-3-6-23(7-4-21)39-11-1-2-24(32(39)41)31(40)37-22-5-8-29(26(34)18-22)44-28-9-10-35-27-19-30(36-20-25(27)28)43-17-14-38-12-15-42-16-13-38/h1-11,18-20H,12-17H2,(H,37,40). The molecule has 1 aliphatic heterocycles. The third kappa shape index (κ3) is 6.56. The predicted octanol–water partition coefficient (Wildman–Crippen LogP) is 4.81. The van der Waals surface area contributed by atoms with Crippen LogP contribution in [0.4, 0.5) is 14.5 Å². The molecular formula is C32H27F2N5O5. The van der Waals surface area contributed by atoms with Crippen LogP contribution in [-0.2, 0) is 4.74 Å². The number of anilines is 1. The number of carbonyl (C=O) groups is 1. The molecule has 12 heteroatoms. The van der Waals surface area contributed by atoms with E-state index in [9.17, 15) is 14.0 Å². The lowest BCUT2D eigenvalue weighted by atomic mass is 10.2. The number of nitrogens with one attached hydrogen (secondary N) is 1. The number of fused-ring (bicyclic) bond motifs is 1. The summed E-state index contributed by atoms with van der Waals surface area (Å²) in [6, 6.07) is 15.4. The summed E-state index contributed by atoms with van der Waals surface area (Å²) in [4.78, 5) is 36.8. The fourth-order valence-corrected chi connectivity index (χ4v) is 4.72. The Morgan fingerprint density at radius 2 is 1.80 bits per heavy atom. The number of ether oxygens (including phenoxy) is 3. The van der Waals surface area contributed by atoms with Crippen molar-refractivity contribution in [3.8, 4) is 23.1 Å². The molecule has 3 aromatic heterocycles. The summed E-state index contributed by atoms with van der Waals surface area (Å²) in [5.41, 5.74) is 0.303. The molecule has 0 bridgehead atoms. The number of pyridine rings is 3. The van der Waals surface area contributed by atoms with Gasteiger partial charge in [0, 0.05) is 61.7 Å². The topological polar surface area (TPSA) is 108 Å². The minimum atomic E-state index is -0.736. The van der Waals surface area contributed by atoms with Crippen molar-refractivity contribution >= 4 is 22.5 Å². The van der Waals surface area contributed by atoms with Crippen LogP contribution < -0.4 is 20.3 Å². The molecule has 0 radical (unpaired) electrons. The lowest BCUT2D eigenvalue weighted by molar-refractivity contribution is 0.0320. The van der Waals surface area contributed by atoms with E-state index in [0.29, 0.717) is 34.8 Å². The van der Waals surface area contributed by atoms with E-state index in [-0.39, 0.29) is 17.0 Å². The number of nitrogens with zero attached hydrogens (tertiary/aromatic N) is 4. The fourth-order valence-electron chi connectivity index (χ4n) is 4.72. The van der Waals surface area contributed by atoms with Crippen molar-refractivity contribution in [2.45, 2.75) is 0 Å². The minimum absolute atomic E-state index is 0.0836. The minimum Gasteiger partial charge on any atom is -0.476 e. The van der Waals surface area contributed by atoms with E-state index in [1.165, 1.54) is 59.3 Å². The summed E-state index contributed by atoms with van der Waals surface area (Å²) >= 11 is 0. The molecule has 1 N–H and O–H groups in total. The molecule has 0 unspecified atom stereocenters. The van der Waals surface area contributed by atoms with Crippen LogP contribution in [0, 0.1) is 11.6 Å². The zero-order valence-corrected chi connectivity index (χ0v) is 23.4. The molecular weight excluding hydrogens is 572 g/mol. The van der Waals surface area contributed by atoms with Crippen LogP contribution in [0.15, 0.2) is 90.1 Å². The molecule has 44 heavy (non-hydrogen) atoms. The molecule has 5 aromatic rings. The lowest BCUT2D eigenvalue weighted by Gasteiger charge is -2.26. The molecule has 0 aliphatic carbocycles. The van der Waals surface area contributed by atoms with Crippen LogP contribution in [-0.4, -0.2) is 64.8 Å². The third-order valence-corrected chi connectivity index (χ3v) is 7.03. The van der Waals surface area contributed by atoms with Crippen molar-refractivity contribution < 1.29 is 27.8 Å². The summed E-state index contributed by atoms with van der Waals surface area (Å²) in [5.74, 6) is -1.24. The molecule has 1 fully saturated rings. The first-order chi connectivity index (χ1) is 21.4. The molecule has 1 saturated heterocycles.